The summed E-state index contributed by atoms with van der Waals surface area (Å²) in [4.78, 5) is 33.9. The molecule has 0 fully saturated rings. The fourth-order valence-electron chi connectivity index (χ4n) is 1.52. The fraction of sp³-hybridized carbons (Fsp3) is 0.308. The second kappa shape index (κ2) is 7.22. The Labute approximate surface area is 120 Å². The number of aromatic carboxylic acids is 1. The summed E-state index contributed by atoms with van der Waals surface area (Å²) >= 11 is 0. The van der Waals surface area contributed by atoms with Crippen LogP contribution in [0.15, 0.2) is 18.2 Å². The number of carboxylic acid groups (broad SMARTS) is 1. The monoisotopic (exact) mass is 297 g/mol. The lowest BCUT2D eigenvalue weighted by Gasteiger charge is -2.14. The van der Waals surface area contributed by atoms with Crippen LogP contribution in [-0.2, 0) is 4.79 Å². The molecule has 8 heteroatoms. The molecule has 1 unspecified atom stereocenters. The van der Waals surface area contributed by atoms with Crippen molar-refractivity contribution in [1.29, 1.82) is 0 Å². The van der Waals surface area contributed by atoms with Gasteiger partial charge >= 0.3 is 12.0 Å². The number of hydrogen-bond acceptors (Lipinski definition) is 3. The number of anilines is 1. The molecule has 0 radical (unpaired) electrons. The van der Waals surface area contributed by atoms with Gasteiger partial charge in [-0.3, -0.25) is 4.79 Å². The Hall–Kier alpha value is -2.64. The molecule has 1 aromatic carbocycles. The Kier molecular flexibility index (Phi) is 5.65. The van der Waals surface area contributed by atoms with E-state index in [0.717, 1.165) is 12.1 Å². The van der Waals surface area contributed by atoms with Gasteiger partial charge in [0.25, 0.3) is 0 Å². The predicted octanol–water partition coefficient (Wildman–Crippen LogP) is 1.17. The summed E-state index contributed by atoms with van der Waals surface area (Å²) in [6.07, 6.45) is 0. The number of benzene rings is 1. The van der Waals surface area contributed by atoms with E-state index in [4.69, 9.17) is 5.11 Å². The third-order valence-corrected chi connectivity index (χ3v) is 2.55. The van der Waals surface area contributed by atoms with Crippen molar-refractivity contribution in [2.24, 2.45) is 0 Å². The van der Waals surface area contributed by atoms with Gasteiger partial charge in [-0.25, -0.2) is 14.0 Å². The first-order valence-corrected chi connectivity index (χ1v) is 6.23. The Morgan fingerprint density at radius 1 is 1.33 bits per heavy atom. The zero-order valence-electron chi connectivity index (χ0n) is 11.6. The summed E-state index contributed by atoms with van der Waals surface area (Å²) in [5, 5.41) is 16.0. The van der Waals surface area contributed by atoms with E-state index in [0.29, 0.717) is 6.54 Å². The van der Waals surface area contributed by atoms with Crippen LogP contribution in [0.1, 0.15) is 24.2 Å². The number of carbonyl (C=O) groups is 3. The quantitative estimate of drug-likeness (QED) is 0.654. The minimum Gasteiger partial charge on any atom is -0.478 e. The average Bonchev–Trinajstić information content (AvgIpc) is 2.40. The van der Waals surface area contributed by atoms with E-state index >= 15 is 0 Å². The van der Waals surface area contributed by atoms with Crippen LogP contribution < -0.4 is 16.0 Å². The summed E-state index contributed by atoms with van der Waals surface area (Å²) in [6.45, 7) is 3.68. The van der Waals surface area contributed by atoms with E-state index in [1.165, 1.54) is 13.0 Å². The number of amides is 3. The van der Waals surface area contributed by atoms with Gasteiger partial charge in [0.2, 0.25) is 5.91 Å². The highest BCUT2D eigenvalue weighted by molar-refractivity contribution is 5.95. The van der Waals surface area contributed by atoms with Gasteiger partial charge < -0.3 is 21.1 Å². The lowest BCUT2D eigenvalue weighted by Crippen LogP contribution is -2.46. The Bertz CT molecular complexity index is 562. The van der Waals surface area contributed by atoms with Crippen LogP contribution in [0.2, 0.25) is 0 Å². The molecule has 3 amide bonds. The van der Waals surface area contributed by atoms with Crippen LogP contribution in [0, 0.1) is 5.82 Å². The summed E-state index contributed by atoms with van der Waals surface area (Å²) in [5.74, 6) is -2.69. The van der Waals surface area contributed by atoms with Gasteiger partial charge in [0.1, 0.15) is 11.9 Å². The smallest absolute Gasteiger partial charge is 0.338 e. The molecule has 0 spiro atoms. The highest BCUT2D eigenvalue weighted by Crippen LogP contribution is 2.14. The van der Waals surface area contributed by atoms with Crippen LogP contribution in [0.5, 0.6) is 0 Å². The molecule has 0 aliphatic heterocycles. The van der Waals surface area contributed by atoms with Crippen molar-refractivity contribution in [3.05, 3.63) is 29.6 Å². The van der Waals surface area contributed by atoms with E-state index in [2.05, 4.69) is 16.0 Å². The molecule has 4 N–H and O–H groups in total. The average molecular weight is 297 g/mol. The first-order valence-electron chi connectivity index (χ1n) is 6.23. The van der Waals surface area contributed by atoms with E-state index in [-0.39, 0.29) is 11.6 Å². The maximum Gasteiger partial charge on any atom is 0.338 e. The third kappa shape index (κ3) is 4.75. The normalized spacial score (nSPS) is 11.4. The maximum atomic E-state index is 13.2. The van der Waals surface area contributed by atoms with Crippen LogP contribution in [0.25, 0.3) is 0 Å². The van der Waals surface area contributed by atoms with E-state index in [1.807, 2.05) is 0 Å². The molecule has 0 aliphatic carbocycles. The zero-order valence-corrected chi connectivity index (χ0v) is 11.6. The molecule has 21 heavy (non-hydrogen) atoms. The van der Waals surface area contributed by atoms with Crippen molar-refractivity contribution < 1.29 is 23.9 Å². The molecule has 1 rings (SSSR count). The molecule has 7 nitrogen and oxygen atoms in total. The van der Waals surface area contributed by atoms with Crippen molar-refractivity contribution in [1.82, 2.24) is 10.6 Å². The van der Waals surface area contributed by atoms with Gasteiger partial charge in [-0.15, -0.1) is 0 Å². The molecule has 0 saturated carbocycles. The van der Waals surface area contributed by atoms with E-state index in [9.17, 15) is 18.8 Å². The second-order valence-corrected chi connectivity index (χ2v) is 4.21. The largest absolute Gasteiger partial charge is 0.478 e. The Morgan fingerprint density at radius 3 is 2.57 bits per heavy atom. The molecular formula is C13H16FN3O4. The molecular weight excluding hydrogens is 281 g/mol. The number of nitrogens with one attached hydrogen (secondary N) is 3. The first kappa shape index (κ1) is 16.4. The van der Waals surface area contributed by atoms with Gasteiger partial charge in [0, 0.05) is 12.2 Å². The van der Waals surface area contributed by atoms with Gasteiger partial charge in [0.05, 0.1) is 5.56 Å². The van der Waals surface area contributed by atoms with E-state index in [1.54, 1.807) is 6.92 Å². The molecule has 1 aromatic rings. The van der Waals surface area contributed by atoms with Gasteiger partial charge in [-0.05, 0) is 32.0 Å². The topological polar surface area (TPSA) is 108 Å². The van der Waals surface area contributed by atoms with Gasteiger partial charge in [-0.1, -0.05) is 0 Å². The Balaban J connectivity index is 2.69. The minimum atomic E-state index is -1.44. The van der Waals surface area contributed by atoms with Crippen molar-refractivity contribution in [2.75, 3.05) is 11.9 Å². The molecule has 1 atom stereocenters. The number of likely N-dealkylation sites (N-methyl/N-ethyl adjacent to an activating group) is 1. The van der Waals surface area contributed by atoms with Gasteiger partial charge in [0.15, 0.2) is 0 Å². The number of urea groups is 1. The summed E-state index contributed by atoms with van der Waals surface area (Å²) in [6, 6.07) is 1.69. The lowest BCUT2D eigenvalue weighted by atomic mass is 10.2. The highest BCUT2D eigenvalue weighted by Gasteiger charge is 2.16. The summed E-state index contributed by atoms with van der Waals surface area (Å²) < 4.78 is 13.2. The number of rotatable bonds is 5. The van der Waals surface area contributed by atoms with Crippen molar-refractivity contribution >= 4 is 23.6 Å². The number of hydrogen-bond donors (Lipinski definition) is 4. The predicted molar refractivity (Wildman–Crippen MR) is 73.7 cm³/mol. The van der Waals surface area contributed by atoms with E-state index < -0.39 is 29.4 Å². The van der Waals surface area contributed by atoms with Crippen LogP contribution in [0.3, 0.4) is 0 Å². The molecule has 0 saturated heterocycles. The molecule has 0 aromatic heterocycles. The maximum absolute atomic E-state index is 13.2. The summed E-state index contributed by atoms with van der Waals surface area (Å²) in [7, 11) is 0. The van der Waals surface area contributed by atoms with Crippen molar-refractivity contribution in [3.8, 4) is 0 Å². The molecule has 114 valence electrons. The zero-order chi connectivity index (χ0) is 16.0. The highest BCUT2D eigenvalue weighted by atomic mass is 19.1. The first-order chi connectivity index (χ1) is 9.85. The minimum absolute atomic E-state index is 0.106. The molecule has 0 aliphatic rings. The second-order valence-electron chi connectivity index (χ2n) is 4.21. The van der Waals surface area contributed by atoms with Crippen molar-refractivity contribution in [3.63, 3.8) is 0 Å². The number of carbonyl (C=O) groups excluding carboxylic acids is 2. The fourth-order valence-corrected chi connectivity index (χ4v) is 1.52. The van der Waals surface area contributed by atoms with Gasteiger partial charge in [-0.2, -0.15) is 0 Å². The molecule has 0 heterocycles. The van der Waals surface area contributed by atoms with Crippen LogP contribution in [-0.4, -0.2) is 35.6 Å². The van der Waals surface area contributed by atoms with Crippen molar-refractivity contribution in [2.45, 2.75) is 19.9 Å². The SMILES string of the molecule is CCNC(=O)C(C)NC(=O)Nc1ccc(F)c(C(=O)O)c1. The standard InChI is InChI=1S/C13H16FN3O4/c1-3-15-11(18)7(2)16-13(21)17-8-4-5-10(14)9(6-8)12(19)20/h4-7H,3H2,1-2H3,(H,15,18)(H,19,20)(H2,16,17,21). The lowest BCUT2D eigenvalue weighted by molar-refractivity contribution is -0.122. The third-order valence-electron chi connectivity index (χ3n) is 2.55. The Morgan fingerprint density at radius 2 is 2.00 bits per heavy atom. The summed E-state index contributed by atoms with van der Waals surface area (Å²) in [5.41, 5.74) is -0.445. The number of halogens is 1. The molecule has 0 bridgehead atoms. The number of carboxylic acids is 1. The van der Waals surface area contributed by atoms with Crippen LogP contribution >= 0.6 is 0 Å². The van der Waals surface area contributed by atoms with Crippen LogP contribution in [0.4, 0.5) is 14.9 Å².